The Hall–Kier alpha value is -2.14. The van der Waals surface area contributed by atoms with E-state index in [2.05, 4.69) is 4.74 Å². The van der Waals surface area contributed by atoms with Crippen LogP contribution in [0, 0.1) is 0 Å². The Kier molecular flexibility index (Phi) is 5.09. The lowest BCUT2D eigenvalue weighted by Crippen LogP contribution is -2.40. The van der Waals surface area contributed by atoms with Crippen molar-refractivity contribution < 1.29 is 41.0 Å². The van der Waals surface area contributed by atoms with Gasteiger partial charge in [0.15, 0.2) is 0 Å². The molecule has 2 rings (SSSR count). The topological polar surface area (TPSA) is 101 Å². The number of benzene rings is 1. The molecule has 1 fully saturated rings. The molecular weight excluding hydrogens is 367 g/mol. The van der Waals surface area contributed by atoms with Crippen molar-refractivity contribution in [3.63, 3.8) is 0 Å². The number of esters is 1. The van der Waals surface area contributed by atoms with Crippen LogP contribution in [0.3, 0.4) is 0 Å². The van der Waals surface area contributed by atoms with E-state index in [-0.39, 0.29) is 19.4 Å². The van der Waals surface area contributed by atoms with Crippen LogP contribution < -0.4 is 0 Å². The highest BCUT2D eigenvalue weighted by atomic mass is 32.2. The standard InChI is InChI=1S/C14H14F3NO6S/c1-24-13(21)9-5-4-8(7-10(9)14(15,16)17)25(22,23)18-6-2-3-11(18)12(19)20/h4-5,7,11H,2-3,6H2,1H3,(H,19,20)/t11-/m0/s1. The third-order valence-corrected chi connectivity index (χ3v) is 5.70. The fourth-order valence-electron chi connectivity index (χ4n) is 2.62. The smallest absolute Gasteiger partial charge is 0.417 e. The van der Waals surface area contributed by atoms with Crippen LogP contribution in [-0.2, 0) is 25.7 Å². The zero-order chi connectivity index (χ0) is 19.0. The molecule has 1 heterocycles. The summed E-state index contributed by atoms with van der Waals surface area (Å²) in [6, 6.07) is 0.514. The molecule has 1 saturated heterocycles. The van der Waals surface area contributed by atoms with E-state index in [1.165, 1.54) is 0 Å². The van der Waals surface area contributed by atoms with Gasteiger partial charge >= 0.3 is 18.1 Å². The Balaban J connectivity index is 2.56. The number of methoxy groups -OCH3 is 1. The van der Waals surface area contributed by atoms with E-state index in [4.69, 9.17) is 5.11 Å². The number of halogens is 3. The molecule has 1 aromatic rings. The van der Waals surface area contributed by atoms with Crippen LogP contribution in [0.25, 0.3) is 0 Å². The predicted octanol–water partition coefficient (Wildman–Crippen LogP) is 1.73. The summed E-state index contributed by atoms with van der Waals surface area (Å²) in [5.41, 5.74) is -2.29. The van der Waals surface area contributed by atoms with Crippen molar-refractivity contribution in [1.82, 2.24) is 4.31 Å². The van der Waals surface area contributed by atoms with E-state index in [0.29, 0.717) is 16.4 Å². The predicted molar refractivity (Wildman–Crippen MR) is 77.3 cm³/mol. The maximum atomic E-state index is 13.2. The lowest BCUT2D eigenvalue weighted by Gasteiger charge is -2.22. The minimum Gasteiger partial charge on any atom is -0.480 e. The van der Waals surface area contributed by atoms with Gasteiger partial charge in [-0.05, 0) is 31.0 Å². The van der Waals surface area contributed by atoms with Gasteiger partial charge in [0, 0.05) is 6.54 Å². The first-order valence-corrected chi connectivity index (χ1v) is 8.48. The largest absolute Gasteiger partial charge is 0.480 e. The van der Waals surface area contributed by atoms with Crippen molar-refractivity contribution in [2.24, 2.45) is 0 Å². The number of hydrogen-bond donors (Lipinski definition) is 1. The van der Waals surface area contributed by atoms with Gasteiger partial charge in [-0.25, -0.2) is 13.2 Å². The van der Waals surface area contributed by atoms with Crippen LogP contribution in [0.1, 0.15) is 28.8 Å². The molecule has 25 heavy (non-hydrogen) atoms. The fourth-order valence-corrected chi connectivity index (χ4v) is 4.29. The summed E-state index contributed by atoms with van der Waals surface area (Å²) in [5, 5.41) is 9.08. The third kappa shape index (κ3) is 3.61. The normalized spacial score (nSPS) is 19.0. The highest BCUT2D eigenvalue weighted by molar-refractivity contribution is 7.89. The summed E-state index contributed by atoms with van der Waals surface area (Å²) in [4.78, 5) is 21.9. The van der Waals surface area contributed by atoms with E-state index >= 15 is 0 Å². The Labute approximate surface area is 141 Å². The molecule has 0 amide bonds. The number of carbonyl (C=O) groups excluding carboxylic acids is 1. The number of rotatable bonds is 4. The van der Waals surface area contributed by atoms with E-state index in [1.54, 1.807) is 0 Å². The van der Waals surface area contributed by atoms with Crippen LogP contribution in [0.2, 0.25) is 0 Å². The van der Waals surface area contributed by atoms with Crippen LogP contribution in [0.15, 0.2) is 23.1 Å². The van der Waals surface area contributed by atoms with Gasteiger partial charge in [0.2, 0.25) is 10.0 Å². The lowest BCUT2D eigenvalue weighted by molar-refractivity contribution is -0.141. The minimum absolute atomic E-state index is 0.0704. The van der Waals surface area contributed by atoms with Crippen molar-refractivity contribution in [2.45, 2.75) is 30.0 Å². The van der Waals surface area contributed by atoms with Gasteiger partial charge in [0.25, 0.3) is 0 Å². The Morgan fingerprint density at radius 2 is 1.96 bits per heavy atom. The molecule has 7 nitrogen and oxygen atoms in total. The number of ether oxygens (including phenoxy) is 1. The summed E-state index contributed by atoms with van der Waals surface area (Å²) < 4.78 is 69.6. The van der Waals surface area contributed by atoms with Crippen LogP contribution in [0.5, 0.6) is 0 Å². The van der Waals surface area contributed by atoms with E-state index in [0.717, 1.165) is 13.2 Å². The second kappa shape index (κ2) is 6.64. The number of carboxylic acids is 1. The molecule has 1 aromatic carbocycles. The first kappa shape index (κ1) is 19.2. The zero-order valence-electron chi connectivity index (χ0n) is 12.9. The van der Waals surface area contributed by atoms with Gasteiger partial charge in [0.1, 0.15) is 6.04 Å². The average molecular weight is 381 g/mol. The van der Waals surface area contributed by atoms with Gasteiger partial charge in [-0.15, -0.1) is 0 Å². The maximum Gasteiger partial charge on any atom is 0.417 e. The Morgan fingerprint density at radius 1 is 1.32 bits per heavy atom. The van der Waals surface area contributed by atoms with Crippen molar-refractivity contribution in [3.8, 4) is 0 Å². The van der Waals surface area contributed by atoms with Gasteiger partial charge in [-0.2, -0.15) is 17.5 Å². The zero-order valence-corrected chi connectivity index (χ0v) is 13.7. The molecule has 1 aliphatic heterocycles. The third-order valence-electron chi connectivity index (χ3n) is 3.80. The summed E-state index contributed by atoms with van der Waals surface area (Å²) >= 11 is 0. The maximum absolute atomic E-state index is 13.2. The summed E-state index contributed by atoms with van der Waals surface area (Å²) in [5.74, 6) is -2.64. The Morgan fingerprint density at radius 3 is 2.48 bits per heavy atom. The molecule has 0 bridgehead atoms. The summed E-state index contributed by atoms with van der Waals surface area (Å²) in [6.45, 7) is -0.112. The Bertz CT molecular complexity index is 805. The summed E-state index contributed by atoms with van der Waals surface area (Å²) in [6.07, 6.45) is -4.64. The molecule has 138 valence electrons. The van der Waals surface area contributed by atoms with Crippen LogP contribution in [-0.4, -0.2) is 49.5 Å². The van der Waals surface area contributed by atoms with E-state index in [9.17, 15) is 31.2 Å². The van der Waals surface area contributed by atoms with Gasteiger partial charge in [-0.1, -0.05) is 0 Å². The van der Waals surface area contributed by atoms with Crippen molar-refractivity contribution in [3.05, 3.63) is 29.3 Å². The lowest BCUT2D eigenvalue weighted by atomic mass is 10.1. The first-order chi connectivity index (χ1) is 11.5. The van der Waals surface area contributed by atoms with Crippen molar-refractivity contribution in [2.75, 3.05) is 13.7 Å². The number of carbonyl (C=O) groups is 2. The van der Waals surface area contributed by atoms with Gasteiger partial charge in [0.05, 0.1) is 23.1 Å². The number of alkyl halides is 3. The second-order valence-corrected chi connectivity index (χ2v) is 7.20. The molecule has 0 spiro atoms. The molecule has 1 N–H and O–H groups in total. The van der Waals surface area contributed by atoms with Crippen molar-refractivity contribution in [1.29, 1.82) is 0 Å². The van der Waals surface area contributed by atoms with Crippen LogP contribution >= 0.6 is 0 Å². The molecule has 1 aliphatic rings. The molecule has 1 atom stereocenters. The highest BCUT2D eigenvalue weighted by Gasteiger charge is 2.42. The minimum atomic E-state index is -4.99. The summed E-state index contributed by atoms with van der Waals surface area (Å²) in [7, 11) is -3.57. The highest BCUT2D eigenvalue weighted by Crippen LogP contribution is 2.35. The van der Waals surface area contributed by atoms with Crippen molar-refractivity contribution >= 4 is 22.0 Å². The molecule has 0 radical (unpaired) electrons. The first-order valence-electron chi connectivity index (χ1n) is 7.04. The SMILES string of the molecule is COC(=O)c1ccc(S(=O)(=O)N2CCC[C@H]2C(=O)O)cc1C(F)(F)F. The molecule has 11 heteroatoms. The van der Waals surface area contributed by atoms with E-state index < -0.39 is 50.2 Å². The number of nitrogens with zero attached hydrogens (tertiary/aromatic N) is 1. The van der Waals surface area contributed by atoms with Gasteiger partial charge < -0.3 is 9.84 Å². The van der Waals surface area contributed by atoms with E-state index in [1.807, 2.05) is 0 Å². The molecular formula is C14H14F3NO6S. The number of sulfonamides is 1. The molecule has 0 aliphatic carbocycles. The average Bonchev–Trinajstić information content (AvgIpc) is 3.03. The quantitative estimate of drug-likeness (QED) is 0.797. The number of aliphatic carboxylic acids is 1. The monoisotopic (exact) mass is 381 g/mol. The number of carboxylic acid groups (broad SMARTS) is 1. The number of hydrogen-bond acceptors (Lipinski definition) is 5. The fraction of sp³-hybridized carbons (Fsp3) is 0.429. The molecule has 0 saturated carbocycles. The molecule has 0 aromatic heterocycles. The van der Waals surface area contributed by atoms with Gasteiger partial charge in [-0.3, -0.25) is 4.79 Å². The second-order valence-electron chi connectivity index (χ2n) is 5.31. The molecule has 0 unspecified atom stereocenters. The van der Waals surface area contributed by atoms with Crippen LogP contribution in [0.4, 0.5) is 13.2 Å².